The Bertz CT molecular complexity index is 1060. The third-order valence-electron chi connectivity index (χ3n) is 9.70. The molecule has 0 saturated carbocycles. The van der Waals surface area contributed by atoms with Gasteiger partial charge in [-0.25, -0.2) is 0 Å². The maximum atomic E-state index is 15.2. The van der Waals surface area contributed by atoms with Crippen LogP contribution >= 0.6 is 0 Å². The van der Waals surface area contributed by atoms with Gasteiger partial charge < -0.3 is 0 Å². The molecule has 3 fully saturated rings. The topological polar surface area (TPSA) is 66.5 Å². The number of hydrogen-bond donors (Lipinski definition) is 0. The summed E-state index contributed by atoms with van der Waals surface area (Å²) in [4.78, 5) is 17.4. The Kier molecular flexibility index (Phi) is 9.55. The Morgan fingerprint density at radius 1 is 0.902 bits per heavy atom. The molecule has 3 saturated heterocycles. The maximum absolute atomic E-state index is 15.2. The Morgan fingerprint density at radius 3 is 2.17 bits per heavy atom. The van der Waals surface area contributed by atoms with Crippen LogP contribution in [-0.2, 0) is 34.9 Å². The second-order valence-corrected chi connectivity index (χ2v) is 27.3. The number of ether oxygens (including phenoxy) is 5. The van der Waals surface area contributed by atoms with Crippen molar-refractivity contribution in [1.29, 1.82) is 0 Å². The third kappa shape index (κ3) is 6.02. The van der Waals surface area contributed by atoms with Gasteiger partial charge in [0.25, 0.3) is 0 Å². The van der Waals surface area contributed by atoms with Gasteiger partial charge in [-0.3, -0.25) is 0 Å². The molecule has 0 radical (unpaired) electrons. The van der Waals surface area contributed by atoms with Crippen LogP contribution in [0.25, 0.3) is 0 Å². The number of hydrogen-bond acceptors (Lipinski definition) is 6. The molecule has 230 valence electrons. The Labute approximate surface area is 251 Å². The summed E-state index contributed by atoms with van der Waals surface area (Å²) in [5.41, 5.74) is 2.79. The standard InChI is InChI=1S/C21H26NO6.3C4H9.Sn/c1-19(2)24-12-15-16(26-19)17-21(25-15,28-20(3,4)27-17)18(23)22-10-9-13-7-5-6-8-14(13)11-22;3*1-3-4-2;/h5-8,11,15-17H,9-10,12H2,1-4H3;3*1,3-4H2,2H3;/t15-,16+,17-,21+;;;;/m0..../s1. The zero-order valence-electron chi connectivity index (χ0n) is 26.5. The summed E-state index contributed by atoms with van der Waals surface area (Å²) in [6.07, 6.45) is 6.64. The van der Waals surface area contributed by atoms with Gasteiger partial charge in [-0.2, -0.15) is 0 Å². The van der Waals surface area contributed by atoms with Gasteiger partial charge >= 0.3 is 253 Å². The number of carbonyl (C=O) groups is 1. The minimum absolute atomic E-state index is 0.0750. The van der Waals surface area contributed by atoms with Crippen molar-refractivity contribution in [2.24, 2.45) is 0 Å². The second kappa shape index (κ2) is 12.4. The van der Waals surface area contributed by atoms with E-state index in [1.807, 2.05) is 27.7 Å². The number of fused-ring (bicyclic) bond motifs is 4. The SMILES string of the molecule is CCC[CH2][Sn]([CH2]CCC)([CH2]CCC)[C@H]1c2ccccc2CCN1C(=O)[C@@]12O[C@H]3COC(C)(C)O[C@H]3[C@@H]1OC(C)(C)O2. The van der Waals surface area contributed by atoms with E-state index < -0.39 is 54.1 Å². The predicted octanol–water partition coefficient (Wildman–Crippen LogP) is 6.90. The van der Waals surface area contributed by atoms with Gasteiger partial charge in [0.2, 0.25) is 0 Å². The van der Waals surface area contributed by atoms with Gasteiger partial charge in [-0.05, 0) is 0 Å². The fourth-order valence-corrected chi connectivity index (χ4v) is 26.7. The van der Waals surface area contributed by atoms with Crippen LogP contribution in [0.1, 0.15) is 102 Å². The number of unbranched alkanes of at least 4 members (excludes halogenated alkanes) is 3. The van der Waals surface area contributed by atoms with E-state index in [0.717, 1.165) is 6.42 Å². The van der Waals surface area contributed by atoms with Crippen molar-refractivity contribution in [2.75, 3.05) is 13.2 Å². The monoisotopic (exact) mass is 679 g/mol. The molecule has 0 spiro atoms. The van der Waals surface area contributed by atoms with Crippen LogP contribution in [0.3, 0.4) is 0 Å². The number of nitrogens with zero attached hydrogens (tertiary/aromatic N) is 1. The number of rotatable bonds is 11. The van der Waals surface area contributed by atoms with E-state index in [1.165, 1.54) is 63.0 Å². The van der Waals surface area contributed by atoms with Gasteiger partial charge in [0, 0.05) is 0 Å². The summed E-state index contributed by atoms with van der Waals surface area (Å²) in [5, 5.41) is 0. The summed E-state index contributed by atoms with van der Waals surface area (Å²) in [5.74, 6) is -3.36. The second-order valence-electron chi connectivity index (χ2n) is 13.7. The van der Waals surface area contributed by atoms with Crippen LogP contribution < -0.4 is 0 Å². The van der Waals surface area contributed by atoms with Gasteiger partial charge in [0.15, 0.2) is 0 Å². The quantitative estimate of drug-likeness (QED) is 0.238. The fraction of sp³-hybridized carbons (Fsp3) is 0.788. The van der Waals surface area contributed by atoms with Crippen LogP contribution in [0.15, 0.2) is 24.3 Å². The van der Waals surface area contributed by atoms with E-state index in [4.69, 9.17) is 23.7 Å². The molecule has 0 unspecified atom stereocenters. The van der Waals surface area contributed by atoms with Gasteiger partial charge in [-0.15, -0.1) is 0 Å². The molecule has 5 rings (SSSR count). The van der Waals surface area contributed by atoms with Gasteiger partial charge in [0.05, 0.1) is 0 Å². The van der Waals surface area contributed by atoms with Crippen molar-refractivity contribution in [3.8, 4) is 0 Å². The van der Waals surface area contributed by atoms with Crippen molar-refractivity contribution >= 4 is 24.3 Å². The van der Waals surface area contributed by atoms with Crippen LogP contribution in [0.5, 0.6) is 0 Å². The Morgan fingerprint density at radius 2 is 1.54 bits per heavy atom. The zero-order chi connectivity index (χ0) is 29.5. The van der Waals surface area contributed by atoms with Crippen molar-refractivity contribution in [3.63, 3.8) is 0 Å². The molecule has 4 aliphatic rings. The minimum atomic E-state index is -3.06. The summed E-state index contributed by atoms with van der Waals surface area (Å²) < 4.78 is 36.1. The van der Waals surface area contributed by atoms with E-state index in [9.17, 15) is 0 Å². The first-order chi connectivity index (χ1) is 19.5. The van der Waals surface area contributed by atoms with E-state index in [2.05, 4.69) is 49.9 Å². The van der Waals surface area contributed by atoms with Crippen molar-refractivity contribution in [1.82, 2.24) is 4.90 Å². The first kappa shape index (κ1) is 31.7. The molecule has 5 atom stereocenters. The van der Waals surface area contributed by atoms with E-state index in [-0.39, 0.29) is 9.96 Å². The van der Waals surface area contributed by atoms with Gasteiger partial charge in [0.1, 0.15) is 0 Å². The first-order valence-corrected chi connectivity index (χ1v) is 24.0. The number of amides is 1. The average molecular weight is 678 g/mol. The number of benzene rings is 1. The van der Waals surface area contributed by atoms with Gasteiger partial charge in [-0.1, -0.05) is 0 Å². The molecule has 7 nitrogen and oxygen atoms in total. The van der Waals surface area contributed by atoms with Crippen molar-refractivity contribution in [3.05, 3.63) is 35.4 Å². The van der Waals surface area contributed by atoms with Crippen molar-refractivity contribution in [2.45, 2.75) is 146 Å². The normalized spacial score (nSPS) is 31.9. The average Bonchev–Trinajstić information content (AvgIpc) is 3.39. The molecule has 1 amide bonds. The van der Waals surface area contributed by atoms with E-state index in [1.54, 1.807) is 0 Å². The van der Waals surface area contributed by atoms with E-state index >= 15 is 4.79 Å². The molecule has 8 heteroatoms. The number of carbonyl (C=O) groups excluding carboxylic acids is 1. The molecule has 41 heavy (non-hydrogen) atoms. The Balaban J connectivity index is 1.60. The molecule has 0 aliphatic carbocycles. The Hall–Kier alpha value is -0.711. The molecule has 0 N–H and O–H groups in total. The molecule has 1 aromatic carbocycles. The predicted molar refractivity (Wildman–Crippen MR) is 162 cm³/mol. The van der Waals surface area contributed by atoms with Crippen molar-refractivity contribution < 1.29 is 28.5 Å². The molecule has 0 bridgehead atoms. The molecular weight excluding hydrogens is 625 g/mol. The summed E-state index contributed by atoms with van der Waals surface area (Å²) in [6.45, 7) is 15.5. The molecule has 4 heterocycles. The summed E-state index contributed by atoms with van der Waals surface area (Å²) >= 11 is -3.06. The van der Waals surface area contributed by atoms with Crippen LogP contribution in [0.4, 0.5) is 0 Å². The fourth-order valence-electron chi connectivity index (χ4n) is 7.84. The third-order valence-corrected chi connectivity index (χ3v) is 26.3. The molecule has 4 aliphatic heterocycles. The summed E-state index contributed by atoms with van der Waals surface area (Å²) in [6, 6.07) is 8.93. The molecule has 1 aromatic rings. The first-order valence-electron chi connectivity index (χ1n) is 16.3. The van der Waals surface area contributed by atoms with E-state index in [0.29, 0.717) is 13.2 Å². The van der Waals surface area contributed by atoms with Crippen LogP contribution in [0, 0.1) is 0 Å². The van der Waals surface area contributed by atoms with Crippen LogP contribution in [0.2, 0.25) is 13.3 Å². The molecule has 0 aromatic heterocycles. The molecular formula is C33H53NO6Sn. The summed E-state index contributed by atoms with van der Waals surface area (Å²) in [7, 11) is 0. The zero-order valence-corrected chi connectivity index (χ0v) is 29.4. The van der Waals surface area contributed by atoms with Crippen LogP contribution in [-0.4, -0.2) is 78.0 Å².